The average molecular weight is 359 g/mol. The maximum atomic E-state index is 11.9. The van der Waals surface area contributed by atoms with Gasteiger partial charge in [-0.15, -0.1) is 0 Å². The van der Waals surface area contributed by atoms with E-state index in [4.69, 9.17) is 16.0 Å². The number of nitrogens with zero attached hydrogens (tertiary/aromatic N) is 1. The van der Waals surface area contributed by atoms with Crippen LogP contribution in [0.15, 0.2) is 40.8 Å². The molecule has 1 heterocycles. The molecule has 2 N–H and O–H groups in total. The minimum Gasteiger partial charge on any atom is -0.507 e. The Morgan fingerprint density at radius 3 is 2.84 bits per heavy atom. The molecular formula is C19H19ClN2O3. The summed E-state index contributed by atoms with van der Waals surface area (Å²) in [6.45, 7) is 2.09. The van der Waals surface area contributed by atoms with Crippen molar-refractivity contribution in [3.63, 3.8) is 0 Å². The predicted octanol–water partition coefficient (Wildman–Crippen LogP) is 5.37. The Morgan fingerprint density at radius 1 is 1.24 bits per heavy atom. The smallest absolute Gasteiger partial charge is 0.231 e. The lowest BCUT2D eigenvalue weighted by atomic mass is 10.1. The van der Waals surface area contributed by atoms with Crippen molar-refractivity contribution in [1.82, 2.24) is 4.98 Å². The van der Waals surface area contributed by atoms with Crippen LogP contribution in [0.1, 0.15) is 32.6 Å². The minimum atomic E-state index is -0.0582. The number of fused-ring (bicyclic) bond motifs is 1. The number of rotatable bonds is 6. The zero-order valence-corrected chi connectivity index (χ0v) is 14.6. The van der Waals surface area contributed by atoms with Crippen LogP contribution in [-0.4, -0.2) is 16.0 Å². The van der Waals surface area contributed by atoms with Crippen molar-refractivity contribution in [3.05, 3.63) is 41.4 Å². The van der Waals surface area contributed by atoms with E-state index in [-0.39, 0.29) is 11.7 Å². The number of benzene rings is 2. The summed E-state index contributed by atoms with van der Waals surface area (Å²) in [6, 6.07) is 10.0. The third-order valence-electron chi connectivity index (χ3n) is 3.87. The maximum Gasteiger partial charge on any atom is 0.231 e. The van der Waals surface area contributed by atoms with Gasteiger partial charge in [-0.2, -0.15) is 0 Å². The van der Waals surface area contributed by atoms with Crippen LogP contribution in [0.3, 0.4) is 0 Å². The van der Waals surface area contributed by atoms with Crippen molar-refractivity contribution in [3.8, 4) is 17.2 Å². The highest BCUT2D eigenvalue weighted by atomic mass is 35.5. The Morgan fingerprint density at radius 2 is 2.08 bits per heavy atom. The van der Waals surface area contributed by atoms with Gasteiger partial charge in [0.2, 0.25) is 11.8 Å². The highest BCUT2D eigenvalue weighted by Gasteiger charge is 2.13. The molecule has 0 saturated carbocycles. The van der Waals surface area contributed by atoms with E-state index < -0.39 is 0 Å². The first-order valence-electron chi connectivity index (χ1n) is 8.26. The van der Waals surface area contributed by atoms with Crippen LogP contribution in [0.2, 0.25) is 5.02 Å². The normalized spacial score (nSPS) is 11.0. The molecule has 0 fully saturated rings. The zero-order chi connectivity index (χ0) is 17.8. The van der Waals surface area contributed by atoms with E-state index in [2.05, 4.69) is 17.2 Å². The predicted molar refractivity (Wildman–Crippen MR) is 98.9 cm³/mol. The molecule has 0 saturated heterocycles. The molecule has 2 aromatic carbocycles. The second-order valence-electron chi connectivity index (χ2n) is 5.87. The number of hydrogen-bond donors (Lipinski definition) is 2. The molecule has 25 heavy (non-hydrogen) atoms. The van der Waals surface area contributed by atoms with Crippen LogP contribution < -0.4 is 5.32 Å². The van der Waals surface area contributed by atoms with Gasteiger partial charge in [0.05, 0.1) is 5.56 Å². The number of unbranched alkanes of at least 4 members (excludes halogenated alkanes) is 2. The molecule has 0 radical (unpaired) electrons. The number of carbonyl (C=O) groups excluding carboxylic acids is 1. The summed E-state index contributed by atoms with van der Waals surface area (Å²) in [4.78, 5) is 16.2. The van der Waals surface area contributed by atoms with E-state index in [0.29, 0.717) is 39.7 Å². The Labute approximate surface area is 150 Å². The third-order valence-corrected chi connectivity index (χ3v) is 4.10. The molecule has 0 spiro atoms. The van der Waals surface area contributed by atoms with E-state index in [1.165, 1.54) is 6.07 Å². The summed E-state index contributed by atoms with van der Waals surface area (Å²) in [6.07, 6.45) is 3.43. The molecule has 0 bridgehead atoms. The van der Waals surface area contributed by atoms with Gasteiger partial charge >= 0.3 is 0 Å². The molecule has 1 aromatic heterocycles. The molecule has 0 atom stereocenters. The minimum absolute atomic E-state index is 0.0102. The van der Waals surface area contributed by atoms with Gasteiger partial charge in [0, 0.05) is 23.2 Å². The van der Waals surface area contributed by atoms with Gasteiger partial charge in [-0.1, -0.05) is 31.4 Å². The molecule has 3 rings (SSSR count). The lowest BCUT2D eigenvalue weighted by Gasteiger charge is -2.07. The SMILES string of the molecule is CCCCCC(=O)Nc1ccc(-c2nc3cc(Cl)ccc3o2)c(O)c1. The number of carbonyl (C=O) groups is 1. The van der Waals surface area contributed by atoms with Crippen molar-refractivity contribution < 1.29 is 14.3 Å². The lowest BCUT2D eigenvalue weighted by Crippen LogP contribution is -2.10. The fourth-order valence-corrected chi connectivity index (χ4v) is 2.73. The molecule has 0 aliphatic heterocycles. The van der Waals surface area contributed by atoms with E-state index in [1.54, 1.807) is 30.3 Å². The molecule has 0 aliphatic rings. The number of phenols is 1. The number of phenolic OH excluding ortho intramolecular Hbond substituents is 1. The number of anilines is 1. The second-order valence-corrected chi connectivity index (χ2v) is 6.30. The van der Waals surface area contributed by atoms with Gasteiger partial charge in [-0.05, 0) is 36.8 Å². The fraction of sp³-hybridized carbons (Fsp3) is 0.263. The Hall–Kier alpha value is -2.53. The molecule has 5 nitrogen and oxygen atoms in total. The molecule has 0 unspecified atom stereocenters. The van der Waals surface area contributed by atoms with Gasteiger partial charge in [0.1, 0.15) is 11.3 Å². The molecule has 130 valence electrons. The van der Waals surface area contributed by atoms with E-state index in [1.807, 2.05) is 0 Å². The van der Waals surface area contributed by atoms with Crippen molar-refractivity contribution in [2.24, 2.45) is 0 Å². The highest BCUT2D eigenvalue weighted by Crippen LogP contribution is 2.33. The maximum absolute atomic E-state index is 11.9. The monoisotopic (exact) mass is 358 g/mol. The van der Waals surface area contributed by atoms with Gasteiger partial charge in [-0.3, -0.25) is 4.79 Å². The quantitative estimate of drug-likeness (QED) is 0.580. The number of oxazole rings is 1. The van der Waals surface area contributed by atoms with E-state index in [0.717, 1.165) is 19.3 Å². The Balaban J connectivity index is 1.78. The number of hydrogen-bond acceptors (Lipinski definition) is 4. The van der Waals surface area contributed by atoms with Gasteiger partial charge in [0.25, 0.3) is 0 Å². The van der Waals surface area contributed by atoms with Crippen LogP contribution in [-0.2, 0) is 4.79 Å². The first-order valence-corrected chi connectivity index (χ1v) is 8.64. The van der Waals surface area contributed by atoms with Crippen LogP contribution in [0.4, 0.5) is 5.69 Å². The summed E-state index contributed by atoms with van der Waals surface area (Å²) in [5.74, 6) is 0.233. The van der Waals surface area contributed by atoms with Crippen LogP contribution >= 0.6 is 11.6 Å². The second kappa shape index (κ2) is 7.57. The average Bonchev–Trinajstić information content (AvgIpc) is 2.97. The first-order chi connectivity index (χ1) is 12.1. The van der Waals surface area contributed by atoms with Gasteiger partial charge in [0.15, 0.2) is 5.58 Å². The summed E-state index contributed by atoms with van der Waals surface area (Å²) >= 11 is 5.95. The summed E-state index contributed by atoms with van der Waals surface area (Å²) in [5, 5.41) is 13.6. The van der Waals surface area contributed by atoms with Crippen molar-refractivity contribution in [2.45, 2.75) is 32.6 Å². The summed E-state index contributed by atoms with van der Waals surface area (Å²) < 4.78 is 5.66. The lowest BCUT2D eigenvalue weighted by molar-refractivity contribution is -0.116. The van der Waals surface area contributed by atoms with E-state index >= 15 is 0 Å². The number of nitrogens with one attached hydrogen (secondary N) is 1. The van der Waals surface area contributed by atoms with Gasteiger partial charge < -0.3 is 14.8 Å². The van der Waals surface area contributed by atoms with Gasteiger partial charge in [-0.25, -0.2) is 4.98 Å². The fourth-order valence-electron chi connectivity index (χ4n) is 2.57. The number of amides is 1. The third kappa shape index (κ3) is 4.12. The summed E-state index contributed by atoms with van der Waals surface area (Å²) in [5.41, 5.74) is 2.21. The zero-order valence-electron chi connectivity index (χ0n) is 13.9. The molecule has 1 amide bonds. The van der Waals surface area contributed by atoms with Crippen molar-refractivity contribution >= 4 is 34.3 Å². The first kappa shape index (κ1) is 17.3. The number of aromatic hydroxyl groups is 1. The van der Waals surface area contributed by atoms with E-state index in [9.17, 15) is 9.90 Å². The molecule has 0 aliphatic carbocycles. The van der Waals surface area contributed by atoms with Crippen molar-refractivity contribution in [1.29, 1.82) is 0 Å². The molecular weight excluding hydrogens is 340 g/mol. The Kier molecular flexibility index (Phi) is 5.24. The standard InChI is InChI=1S/C19H19ClN2O3/c1-2-3-4-5-18(24)21-13-7-8-14(16(23)11-13)19-22-15-10-12(20)6-9-17(15)25-19/h6-11,23H,2-5H2,1H3,(H,21,24). The largest absolute Gasteiger partial charge is 0.507 e. The van der Waals surface area contributed by atoms with Crippen LogP contribution in [0, 0.1) is 0 Å². The highest BCUT2D eigenvalue weighted by molar-refractivity contribution is 6.31. The summed E-state index contributed by atoms with van der Waals surface area (Å²) in [7, 11) is 0. The Bertz CT molecular complexity index is 905. The molecule has 6 heteroatoms. The van der Waals surface area contributed by atoms with Crippen LogP contribution in [0.25, 0.3) is 22.6 Å². The molecule has 3 aromatic rings. The number of aromatic nitrogens is 1. The van der Waals surface area contributed by atoms with Crippen molar-refractivity contribution in [2.75, 3.05) is 5.32 Å². The number of halogens is 1. The van der Waals surface area contributed by atoms with Crippen LogP contribution in [0.5, 0.6) is 5.75 Å². The topological polar surface area (TPSA) is 75.4 Å².